The third-order valence-electron chi connectivity index (χ3n) is 3.24. The highest BCUT2D eigenvalue weighted by Gasteiger charge is 2.33. The average Bonchev–Trinajstić information content (AvgIpc) is 2.14. The molecule has 1 aliphatic heterocycles. The zero-order valence-electron chi connectivity index (χ0n) is 11.2. The van der Waals surface area contributed by atoms with Crippen molar-refractivity contribution in [1.29, 1.82) is 0 Å². The van der Waals surface area contributed by atoms with Crippen LogP contribution in [-0.4, -0.2) is 47.4 Å². The fraction of sp³-hybridized carbons (Fsp3) is 0.769. The van der Waals surface area contributed by atoms with E-state index in [0.717, 1.165) is 26.2 Å². The number of hydrogen-bond donors (Lipinski definition) is 0. The van der Waals surface area contributed by atoms with Crippen molar-refractivity contribution in [3.05, 3.63) is 11.6 Å². The first-order valence-electron chi connectivity index (χ1n) is 5.97. The van der Waals surface area contributed by atoms with Crippen molar-refractivity contribution in [2.24, 2.45) is 0 Å². The predicted octanol–water partition coefficient (Wildman–Crippen LogP) is 1.90. The van der Waals surface area contributed by atoms with Crippen LogP contribution >= 0.6 is 0 Å². The van der Waals surface area contributed by atoms with Gasteiger partial charge in [-0.2, -0.15) is 0 Å². The Morgan fingerprint density at radius 3 is 2.31 bits per heavy atom. The molecule has 0 radical (unpaired) electrons. The summed E-state index contributed by atoms with van der Waals surface area (Å²) in [5.41, 5.74) is 1.43. The predicted molar refractivity (Wildman–Crippen MR) is 67.3 cm³/mol. The van der Waals surface area contributed by atoms with Gasteiger partial charge in [0, 0.05) is 38.6 Å². The number of hydrogen-bond acceptors (Lipinski definition) is 2. The van der Waals surface area contributed by atoms with Gasteiger partial charge in [0.1, 0.15) is 0 Å². The van der Waals surface area contributed by atoms with Crippen molar-refractivity contribution in [2.45, 2.75) is 40.2 Å². The van der Waals surface area contributed by atoms with Crippen LogP contribution in [-0.2, 0) is 4.79 Å². The third kappa shape index (κ3) is 3.34. The van der Waals surface area contributed by atoms with Crippen LogP contribution in [0.4, 0.5) is 0 Å². The summed E-state index contributed by atoms with van der Waals surface area (Å²) in [5, 5.41) is 0. The maximum atomic E-state index is 11.4. The first-order chi connectivity index (χ1) is 7.33. The number of nitrogens with zero attached hydrogens (tertiary/aromatic N) is 2. The molecule has 0 bridgehead atoms. The maximum absolute atomic E-state index is 11.4. The number of rotatable bonds is 2. The van der Waals surface area contributed by atoms with Crippen molar-refractivity contribution >= 4 is 5.91 Å². The summed E-state index contributed by atoms with van der Waals surface area (Å²) in [6, 6.07) is 0. The number of amides is 1. The molecule has 1 saturated heterocycles. The van der Waals surface area contributed by atoms with Gasteiger partial charge in [0.25, 0.3) is 0 Å². The summed E-state index contributed by atoms with van der Waals surface area (Å²) in [4.78, 5) is 15.7. The van der Waals surface area contributed by atoms with Crippen molar-refractivity contribution in [3.8, 4) is 0 Å². The van der Waals surface area contributed by atoms with E-state index in [1.165, 1.54) is 5.57 Å². The van der Waals surface area contributed by atoms with E-state index in [9.17, 15) is 4.79 Å². The molecule has 1 aliphatic rings. The Morgan fingerprint density at radius 2 is 1.88 bits per heavy atom. The molecule has 3 nitrogen and oxygen atoms in total. The fourth-order valence-corrected chi connectivity index (χ4v) is 2.09. The van der Waals surface area contributed by atoms with Crippen LogP contribution in [0.3, 0.4) is 0 Å². The second-order valence-corrected chi connectivity index (χ2v) is 5.48. The lowest BCUT2D eigenvalue weighted by atomic mass is 9.98. The van der Waals surface area contributed by atoms with E-state index in [1.54, 1.807) is 6.92 Å². The Kier molecular flexibility index (Phi) is 4.14. The zero-order valence-corrected chi connectivity index (χ0v) is 11.2. The molecule has 3 heteroatoms. The molecule has 0 atom stereocenters. The number of piperazine rings is 1. The molecule has 1 heterocycles. The molecule has 1 fully saturated rings. The van der Waals surface area contributed by atoms with Crippen LogP contribution in [0.1, 0.15) is 34.6 Å². The third-order valence-corrected chi connectivity index (χ3v) is 3.24. The fourth-order valence-electron chi connectivity index (χ4n) is 2.09. The van der Waals surface area contributed by atoms with Crippen LogP contribution in [0.25, 0.3) is 0 Å². The number of carbonyl (C=O) groups is 1. The molecule has 1 amide bonds. The summed E-state index contributed by atoms with van der Waals surface area (Å²) in [6.45, 7) is 14.0. The molecular weight excluding hydrogens is 200 g/mol. The zero-order chi connectivity index (χ0) is 12.3. The smallest absolute Gasteiger partial charge is 0.219 e. The molecule has 92 valence electrons. The molecule has 0 aromatic heterocycles. The Bertz CT molecular complexity index is 290. The molecule has 0 N–H and O–H groups in total. The Labute approximate surface area is 99.1 Å². The molecule has 0 aromatic carbocycles. The SMILES string of the molecule is CC(=O)N1CCN(CC=C(C)C)C(C)(C)C1. The lowest BCUT2D eigenvalue weighted by molar-refractivity contribution is -0.133. The lowest BCUT2D eigenvalue weighted by Crippen LogP contribution is -2.60. The molecule has 0 aliphatic carbocycles. The van der Waals surface area contributed by atoms with Gasteiger partial charge in [-0.1, -0.05) is 11.6 Å². The second-order valence-electron chi connectivity index (χ2n) is 5.48. The first kappa shape index (κ1) is 13.2. The van der Waals surface area contributed by atoms with E-state index in [-0.39, 0.29) is 11.4 Å². The Morgan fingerprint density at radius 1 is 1.25 bits per heavy atom. The summed E-state index contributed by atoms with van der Waals surface area (Å²) in [6.07, 6.45) is 2.26. The van der Waals surface area contributed by atoms with Gasteiger partial charge in [0.05, 0.1) is 0 Å². The minimum Gasteiger partial charge on any atom is -0.340 e. The van der Waals surface area contributed by atoms with Gasteiger partial charge < -0.3 is 4.90 Å². The molecule has 16 heavy (non-hydrogen) atoms. The van der Waals surface area contributed by atoms with E-state index >= 15 is 0 Å². The minimum absolute atomic E-state index is 0.0792. The van der Waals surface area contributed by atoms with E-state index in [2.05, 4.69) is 38.7 Å². The molecule has 0 saturated carbocycles. The molecule has 1 rings (SSSR count). The van der Waals surface area contributed by atoms with Crippen LogP contribution in [0.5, 0.6) is 0 Å². The van der Waals surface area contributed by atoms with Crippen LogP contribution < -0.4 is 0 Å². The van der Waals surface area contributed by atoms with E-state index in [1.807, 2.05) is 4.90 Å². The van der Waals surface area contributed by atoms with Crippen LogP contribution in [0, 0.1) is 0 Å². The minimum atomic E-state index is 0.0792. The average molecular weight is 224 g/mol. The van der Waals surface area contributed by atoms with Gasteiger partial charge in [-0.15, -0.1) is 0 Å². The normalized spacial score (nSPS) is 20.7. The van der Waals surface area contributed by atoms with Gasteiger partial charge in [0.2, 0.25) is 5.91 Å². The first-order valence-corrected chi connectivity index (χ1v) is 5.97. The number of carbonyl (C=O) groups excluding carboxylic acids is 1. The summed E-state index contributed by atoms with van der Waals surface area (Å²) < 4.78 is 0. The van der Waals surface area contributed by atoms with Crippen LogP contribution in [0.2, 0.25) is 0 Å². The Hall–Kier alpha value is -0.830. The van der Waals surface area contributed by atoms with Gasteiger partial charge in [-0.05, 0) is 27.7 Å². The van der Waals surface area contributed by atoms with E-state index in [0.29, 0.717) is 0 Å². The van der Waals surface area contributed by atoms with Gasteiger partial charge in [-0.25, -0.2) is 0 Å². The molecule has 0 unspecified atom stereocenters. The van der Waals surface area contributed by atoms with Crippen LogP contribution in [0.15, 0.2) is 11.6 Å². The van der Waals surface area contributed by atoms with Gasteiger partial charge >= 0.3 is 0 Å². The molecular formula is C13H24N2O. The summed E-state index contributed by atoms with van der Waals surface area (Å²) in [5.74, 6) is 0.190. The van der Waals surface area contributed by atoms with Gasteiger partial charge in [0.15, 0.2) is 0 Å². The largest absolute Gasteiger partial charge is 0.340 e. The summed E-state index contributed by atoms with van der Waals surface area (Å²) >= 11 is 0. The number of allylic oxidation sites excluding steroid dienone is 1. The quantitative estimate of drug-likeness (QED) is 0.669. The lowest BCUT2D eigenvalue weighted by Gasteiger charge is -2.46. The Balaban J connectivity index is 2.63. The second kappa shape index (κ2) is 5.00. The molecule has 0 aromatic rings. The highest BCUT2D eigenvalue weighted by molar-refractivity contribution is 5.73. The monoisotopic (exact) mass is 224 g/mol. The van der Waals surface area contributed by atoms with Crippen molar-refractivity contribution < 1.29 is 4.79 Å². The van der Waals surface area contributed by atoms with E-state index in [4.69, 9.17) is 0 Å². The van der Waals surface area contributed by atoms with Gasteiger partial charge in [-0.3, -0.25) is 9.69 Å². The van der Waals surface area contributed by atoms with Crippen molar-refractivity contribution in [3.63, 3.8) is 0 Å². The maximum Gasteiger partial charge on any atom is 0.219 e. The van der Waals surface area contributed by atoms with E-state index < -0.39 is 0 Å². The van der Waals surface area contributed by atoms with Crippen molar-refractivity contribution in [2.75, 3.05) is 26.2 Å². The highest BCUT2D eigenvalue weighted by atomic mass is 16.2. The molecule has 0 spiro atoms. The topological polar surface area (TPSA) is 23.6 Å². The standard InChI is InChI=1S/C13H24N2O/c1-11(2)6-7-15-9-8-14(12(3)16)10-13(15,4)5/h6H,7-10H2,1-5H3. The van der Waals surface area contributed by atoms with Crippen molar-refractivity contribution in [1.82, 2.24) is 9.80 Å². The highest BCUT2D eigenvalue weighted by Crippen LogP contribution is 2.20. The summed E-state index contributed by atoms with van der Waals surface area (Å²) in [7, 11) is 0.